The molecule has 2 rings (SSSR count). The van der Waals surface area contributed by atoms with E-state index >= 15 is 0 Å². The lowest BCUT2D eigenvalue weighted by atomic mass is 10.0. The van der Waals surface area contributed by atoms with Gasteiger partial charge in [-0.15, -0.1) is 12.4 Å². The minimum absolute atomic E-state index is 0. The third-order valence-corrected chi connectivity index (χ3v) is 2.89. The summed E-state index contributed by atoms with van der Waals surface area (Å²) in [5, 5.41) is 0. The lowest BCUT2D eigenvalue weighted by Gasteiger charge is -2.06. The quantitative estimate of drug-likeness (QED) is 0.905. The van der Waals surface area contributed by atoms with Crippen LogP contribution in [-0.4, -0.2) is 13.2 Å². The molecule has 2 aromatic rings. The highest BCUT2D eigenvalue weighted by molar-refractivity contribution is 5.85. The number of halogens is 1. The van der Waals surface area contributed by atoms with Crippen molar-refractivity contribution in [1.29, 1.82) is 0 Å². The summed E-state index contributed by atoms with van der Waals surface area (Å²) in [6.45, 7) is 3.39. The summed E-state index contributed by atoms with van der Waals surface area (Å²) in [6, 6.07) is 16.7. The van der Waals surface area contributed by atoms with Crippen LogP contribution in [0.1, 0.15) is 12.5 Å². The van der Waals surface area contributed by atoms with Gasteiger partial charge in [0.25, 0.3) is 0 Å². The van der Waals surface area contributed by atoms with Gasteiger partial charge in [0.2, 0.25) is 0 Å². The standard InChI is InChI=1S/C16H19NO.ClH/c1-2-18-16-9-7-15(8-10-16)14-5-3-13(4-6-14)11-12-17;/h3-10H,2,11-12,17H2,1H3;1H. The average molecular weight is 278 g/mol. The molecule has 0 aliphatic rings. The van der Waals surface area contributed by atoms with Gasteiger partial charge in [-0.2, -0.15) is 0 Å². The molecule has 0 atom stereocenters. The Kier molecular flexibility index (Phi) is 6.40. The first-order valence-electron chi connectivity index (χ1n) is 6.35. The van der Waals surface area contributed by atoms with Crippen LogP contribution in [0.25, 0.3) is 11.1 Å². The van der Waals surface area contributed by atoms with Crippen molar-refractivity contribution in [3.63, 3.8) is 0 Å². The van der Waals surface area contributed by atoms with Gasteiger partial charge in [-0.05, 0) is 48.7 Å². The lowest BCUT2D eigenvalue weighted by molar-refractivity contribution is 0.340. The normalized spacial score (nSPS) is 9.79. The first-order chi connectivity index (χ1) is 8.83. The molecule has 2 N–H and O–H groups in total. The van der Waals surface area contributed by atoms with Gasteiger partial charge in [0.1, 0.15) is 5.75 Å². The average Bonchev–Trinajstić information content (AvgIpc) is 2.41. The number of hydrogen-bond donors (Lipinski definition) is 1. The SMILES string of the molecule is CCOc1ccc(-c2ccc(CCN)cc2)cc1.Cl. The topological polar surface area (TPSA) is 35.2 Å². The van der Waals surface area contributed by atoms with E-state index in [1.54, 1.807) is 0 Å². The van der Waals surface area contributed by atoms with Crippen molar-refractivity contribution < 1.29 is 4.74 Å². The number of ether oxygens (including phenoxy) is 1. The minimum atomic E-state index is 0. The number of hydrogen-bond acceptors (Lipinski definition) is 2. The van der Waals surface area contributed by atoms with E-state index in [0.717, 1.165) is 12.2 Å². The molecule has 0 aliphatic carbocycles. The maximum Gasteiger partial charge on any atom is 0.119 e. The van der Waals surface area contributed by atoms with Crippen molar-refractivity contribution in [3.05, 3.63) is 54.1 Å². The zero-order valence-corrected chi connectivity index (χ0v) is 12.0. The summed E-state index contributed by atoms with van der Waals surface area (Å²) in [7, 11) is 0. The van der Waals surface area contributed by atoms with Crippen LogP contribution in [0.3, 0.4) is 0 Å². The predicted octanol–water partition coefficient (Wildman–Crippen LogP) is 3.68. The molecule has 102 valence electrons. The van der Waals surface area contributed by atoms with Gasteiger partial charge in [-0.25, -0.2) is 0 Å². The molecule has 0 aromatic heterocycles. The molecule has 0 aliphatic heterocycles. The van der Waals surface area contributed by atoms with Gasteiger partial charge < -0.3 is 10.5 Å². The second-order valence-electron chi connectivity index (χ2n) is 4.19. The molecule has 2 aromatic carbocycles. The molecule has 0 bridgehead atoms. The third-order valence-electron chi connectivity index (χ3n) is 2.89. The van der Waals surface area contributed by atoms with Gasteiger partial charge in [-0.1, -0.05) is 36.4 Å². The van der Waals surface area contributed by atoms with Crippen molar-refractivity contribution >= 4 is 12.4 Å². The molecular weight excluding hydrogens is 258 g/mol. The molecule has 0 unspecified atom stereocenters. The van der Waals surface area contributed by atoms with Crippen LogP contribution in [-0.2, 0) is 6.42 Å². The smallest absolute Gasteiger partial charge is 0.119 e. The number of rotatable bonds is 5. The van der Waals surface area contributed by atoms with E-state index in [4.69, 9.17) is 10.5 Å². The van der Waals surface area contributed by atoms with E-state index in [2.05, 4.69) is 36.4 Å². The van der Waals surface area contributed by atoms with Gasteiger partial charge in [0, 0.05) is 0 Å². The summed E-state index contributed by atoms with van der Waals surface area (Å²) in [5.74, 6) is 0.918. The lowest BCUT2D eigenvalue weighted by Crippen LogP contribution is -2.02. The Hall–Kier alpha value is -1.51. The summed E-state index contributed by atoms with van der Waals surface area (Å²) < 4.78 is 5.43. The Morgan fingerprint density at radius 2 is 1.42 bits per heavy atom. The second-order valence-corrected chi connectivity index (χ2v) is 4.19. The Morgan fingerprint density at radius 3 is 1.89 bits per heavy atom. The van der Waals surface area contributed by atoms with Gasteiger partial charge in [0.15, 0.2) is 0 Å². The third kappa shape index (κ3) is 4.27. The monoisotopic (exact) mass is 277 g/mol. The van der Waals surface area contributed by atoms with Crippen LogP contribution in [0.4, 0.5) is 0 Å². The summed E-state index contributed by atoms with van der Waals surface area (Å²) in [4.78, 5) is 0. The Balaban J connectivity index is 0.00000180. The second kappa shape index (κ2) is 7.82. The van der Waals surface area contributed by atoms with Crippen LogP contribution in [0.15, 0.2) is 48.5 Å². The molecule has 19 heavy (non-hydrogen) atoms. The zero-order chi connectivity index (χ0) is 12.8. The van der Waals surface area contributed by atoms with E-state index in [0.29, 0.717) is 13.2 Å². The Morgan fingerprint density at radius 1 is 0.895 bits per heavy atom. The summed E-state index contributed by atoms with van der Waals surface area (Å²) in [6.07, 6.45) is 0.934. The Labute approximate surface area is 121 Å². The van der Waals surface area contributed by atoms with Crippen molar-refractivity contribution in [3.8, 4) is 16.9 Å². The van der Waals surface area contributed by atoms with E-state index in [1.165, 1.54) is 16.7 Å². The van der Waals surface area contributed by atoms with Crippen molar-refractivity contribution in [2.45, 2.75) is 13.3 Å². The largest absolute Gasteiger partial charge is 0.494 e. The molecule has 0 saturated carbocycles. The minimum Gasteiger partial charge on any atom is -0.494 e. The molecule has 0 radical (unpaired) electrons. The maximum absolute atomic E-state index is 5.54. The Bertz CT molecular complexity index is 432. The van der Waals surface area contributed by atoms with Crippen molar-refractivity contribution in [2.24, 2.45) is 5.73 Å². The summed E-state index contributed by atoms with van der Waals surface area (Å²) >= 11 is 0. The maximum atomic E-state index is 5.54. The van der Waals surface area contributed by atoms with Crippen molar-refractivity contribution in [2.75, 3.05) is 13.2 Å². The van der Waals surface area contributed by atoms with Crippen molar-refractivity contribution in [1.82, 2.24) is 0 Å². The van der Waals surface area contributed by atoms with Gasteiger partial charge >= 0.3 is 0 Å². The molecule has 0 heterocycles. The highest BCUT2D eigenvalue weighted by Gasteiger charge is 1.99. The van der Waals surface area contributed by atoms with E-state index in [9.17, 15) is 0 Å². The predicted molar refractivity (Wildman–Crippen MR) is 83.1 cm³/mol. The fourth-order valence-electron chi connectivity index (χ4n) is 1.94. The number of nitrogens with two attached hydrogens (primary N) is 1. The molecule has 0 saturated heterocycles. The summed E-state index contributed by atoms with van der Waals surface area (Å²) in [5.41, 5.74) is 9.25. The van der Waals surface area contributed by atoms with E-state index in [1.807, 2.05) is 19.1 Å². The van der Waals surface area contributed by atoms with Crippen LogP contribution in [0.2, 0.25) is 0 Å². The fraction of sp³-hybridized carbons (Fsp3) is 0.250. The molecule has 0 fully saturated rings. The highest BCUT2D eigenvalue weighted by Crippen LogP contribution is 2.22. The molecule has 2 nitrogen and oxygen atoms in total. The van der Waals surface area contributed by atoms with Gasteiger partial charge in [0.05, 0.1) is 6.61 Å². The fourth-order valence-corrected chi connectivity index (χ4v) is 1.94. The molecular formula is C16H20ClNO. The molecule has 0 amide bonds. The zero-order valence-electron chi connectivity index (χ0n) is 11.1. The van der Waals surface area contributed by atoms with E-state index < -0.39 is 0 Å². The van der Waals surface area contributed by atoms with Crippen LogP contribution >= 0.6 is 12.4 Å². The number of benzene rings is 2. The first-order valence-corrected chi connectivity index (χ1v) is 6.35. The highest BCUT2D eigenvalue weighted by atomic mass is 35.5. The van der Waals surface area contributed by atoms with Crippen LogP contribution in [0, 0.1) is 0 Å². The molecule has 3 heteroatoms. The van der Waals surface area contributed by atoms with E-state index in [-0.39, 0.29) is 12.4 Å². The van der Waals surface area contributed by atoms with Gasteiger partial charge in [-0.3, -0.25) is 0 Å². The van der Waals surface area contributed by atoms with Crippen LogP contribution in [0.5, 0.6) is 5.75 Å². The van der Waals surface area contributed by atoms with Crippen LogP contribution < -0.4 is 10.5 Å². The first kappa shape index (κ1) is 15.5. The molecule has 0 spiro atoms.